The molecule has 4 rings (SSSR count). The highest BCUT2D eigenvalue weighted by Gasteiger charge is 2.19. The molecule has 4 aromatic rings. The fourth-order valence-corrected chi connectivity index (χ4v) is 3.96. The topological polar surface area (TPSA) is 85.8 Å². The van der Waals surface area contributed by atoms with E-state index >= 15 is 0 Å². The second-order valence-electron chi connectivity index (χ2n) is 6.54. The smallest absolute Gasteiger partial charge is 0.264 e. The summed E-state index contributed by atoms with van der Waals surface area (Å²) in [7, 11) is 0. The first-order valence-corrected chi connectivity index (χ1v) is 10.3. The molecule has 0 unspecified atom stereocenters. The lowest BCUT2D eigenvalue weighted by Crippen LogP contribution is -2.26. The van der Waals surface area contributed by atoms with E-state index in [0.29, 0.717) is 22.0 Å². The largest absolute Gasteiger partial charge is 0.383 e. The average molecular weight is 518 g/mol. The molecule has 0 spiro atoms. The second-order valence-corrected chi connectivity index (χ2v) is 8.02. The van der Waals surface area contributed by atoms with Gasteiger partial charge < -0.3 is 11.1 Å². The highest BCUT2D eigenvalue weighted by atomic mass is 127. The molecule has 0 radical (unpaired) electrons. The number of nitrogens with one attached hydrogen (secondary N) is 1. The van der Waals surface area contributed by atoms with Crippen LogP contribution in [0.3, 0.4) is 0 Å². The number of benzene rings is 2. The van der Waals surface area contributed by atoms with Crippen LogP contribution in [0.15, 0.2) is 65.7 Å². The SMILES string of the molecule is C[C@H](Nc1ncnc(N)c1I)c1cc2cccc(Cl)c2c(=O)n1-c1ccccc1. The van der Waals surface area contributed by atoms with Crippen molar-refractivity contribution in [1.29, 1.82) is 0 Å². The molecule has 0 amide bonds. The lowest BCUT2D eigenvalue weighted by molar-refractivity contribution is 0.772. The Bertz CT molecular complexity index is 1260. The molecule has 0 aliphatic carbocycles. The number of anilines is 2. The molecule has 0 fully saturated rings. The van der Waals surface area contributed by atoms with Gasteiger partial charge in [0.2, 0.25) is 0 Å². The highest BCUT2D eigenvalue weighted by molar-refractivity contribution is 14.1. The van der Waals surface area contributed by atoms with Gasteiger partial charge in [-0.1, -0.05) is 41.9 Å². The lowest BCUT2D eigenvalue weighted by atomic mass is 10.1. The zero-order chi connectivity index (χ0) is 20.5. The predicted octanol–water partition coefficient (Wildman–Crippen LogP) is 4.79. The Morgan fingerprint density at radius 2 is 1.90 bits per heavy atom. The van der Waals surface area contributed by atoms with Gasteiger partial charge in [-0.3, -0.25) is 9.36 Å². The molecule has 146 valence electrons. The predicted molar refractivity (Wildman–Crippen MR) is 126 cm³/mol. The molecule has 0 aliphatic heterocycles. The average Bonchev–Trinajstić information content (AvgIpc) is 2.71. The van der Waals surface area contributed by atoms with Crippen molar-refractivity contribution < 1.29 is 0 Å². The number of hydrogen-bond donors (Lipinski definition) is 2. The van der Waals surface area contributed by atoms with E-state index in [1.165, 1.54) is 6.33 Å². The van der Waals surface area contributed by atoms with Gasteiger partial charge >= 0.3 is 0 Å². The van der Waals surface area contributed by atoms with Gasteiger partial charge in [0.25, 0.3) is 5.56 Å². The zero-order valence-corrected chi connectivity index (χ0v) is 18.3. The summed E-state index contributed by atoms with van der Waals surface area (Å²) in [5.74, 6) is 1.02. The Morgan fingerprint density at radius 1 is 1.14 bits per heavy atom. The van der Waals surface area contributed by atoms with Crippen LogP contribution in [0, 0.1) is 3.57 Å². The van der Waals surface area contributed by atoms with Gasteiger partial charge in [-0.15, -0.1) is 0 Å². The molecule has 1 atom stereocenters. The van der Waals surface area contributed by atoms with Crippen LogP contribution in [-0.4, -0.2) is 14.5 Å². The Kier molecular flexibility index (Phi) is 5.42. The van der Waals surface area contributed by atoms with Gasteiger partial charge in [-0.25, -0.2) is 9.97 Å². The maximum Gasteiger partial charge on any atom is 0.264 e. The Labute approximate surface area is 185 Å². The van der Waals surface area contributed by atoms with Crippen molar-refractivity contribution in [3.63, 3.8) is 0 Å². The maximum absolute atomic E-state index is 13.5. The summed E-state index contributed by atoms with van der Waals surface area (Å²) in [6.45, 7) is 1.97. The van der Waals surface area contributed by atoms with Crippen molar-refractivity contribution in [2.45, 2.75) is 13.0 Å². The summed E-state index contributed by atoms with van der Waals surface area (Å²) in [6, 6.07) is 16.7. The molecule has 2 heterocycles. The number of halogens is 2. The van der Waals surface area contributed by atoms with Crippen LogP contribution < -0.4 is 16.6 Å². The summed E-state index contributed by atoms with van der Waals surface area (Å²) in [4.78, 5) is 21.7. The van der Waals surface area contributed by atoms with E-state index in [-0.39, 0.29) is 11.6 Å². The number of para-hydroxylation sites is 1. The minimum Gasteiger partial charge on any atom is -0.383 e. The summed E-state index contributed by atoms with van der Waals surface area (Å²) >= 11 is 8.47. The van der Waals surface area contributed by atoms with Gasteiger partial charge in [0, 0.05) is 11.4 Å². The molecule has 0 saturated carbocycles. The first-order valence-electron chi connectivity index (χ1n) is 8.89. The first kappa shape index (κ1) is 19.7. The highest BCUT2D eigenvalue weighted by Crippen LogP contribution is 2.28. The fourth-order valence-electron chi connectivity index (χ4n) is 3.26. The van der Waals surface area contributed by atoms with Crippen LogP contribution in [0.5, 0.6) is 0 Å². The van der Waals surface area contributed by atoms with Crippen molar-refractivity contribution in [1.82, 2.24) is 14.5 Å². The molecule has 8 heteroatoms. The molecular formula is C21H17ClIN5O. The van der Waals surface area contributed by atoms with Crippen LogP contribution >= 0.6 is 34.2 Å². The van der Waals surface area contributed by atoms with Gasteiger partial charge in [0.1, 0.15) is 18.0 Å². The van der Waals surface area contributed by atoms with Gasteiger partial charge in [0.05, 0.1) is 20.0 Å². The summed E-state index contributed by atoms with van der Waals surface area (Å²) < 4.78 is 2.41. The van der Waals surface area contributed by atoms with E-state index in [0.717, 1.165) is 20.3 Å². The van der Waals surface area contributed by atoms with Crippen molar-refractivity contribution in [2.24, 2.45) is 0 Å². The van der Waals surface area contributed by atoms with Crippen LogP contribution in [0.1, 0.15) is 18.7 Å². The van der Waals surface area contributed by atoms with E-state index in [2.05, 4.69) is 37.9 Å². The third-order valence-corrected chi connectivity index (χ3v) is 6.03. The van der Waals surface area contributed by atoms with Crippen LogP contribution in [0.25, 0.3) is 16.5 Å². The van der Waals surface area contributed by atoms with Crippen molar-refractivity contribution in [3.8, 4) is 5.69 Å². The van der Waals surface area contributed by atoms with E-state index in [1.807, 2.05) is 55.5 Å². The second kappa shape index (κ2) is 8.00. The van der Waals surface area contributed by atoms with E-state index in [9.17, 15) is 4.79 Å². The minimum absolute atomic E-state index is 0.167. The molecular weight excluding hydrogens is 501 g/mol. The summed E-state index contributed by atoms with van der Waals surface area (Å²) in [5.41, 5.74) is 7.28. The van der Waals surface area contributed by atoms with Crippen molar-refractivity contribution in [2.75, 3.05) is 11.1 Å². The third-order valence-electron chi connectivity index (χ3n) is 4.65. The standard InChI is InChI=1S/C21H17ClIN5O/c1-12(27-20-18(23)19(24)25-11-26-20)16-10-13-6-5-9-15(22)17(13)21(29)28(16)14-7-3-2-4-8-14/h2-12H,1H3,(H3,24,25,26,27)/t12-/m0/s1. The quantitative estimate of drug-likeness (QED) is 0.380. The Morgan fingerprint density at radius 3 is 2.66 bits per heavy atom. The Hall–Kier alpha value is -2.65. The minimum atomic E-state index is -0.242. The molecule has 6 nitrogen and oxygen atoms in total. The maximum atomic E-state index is 13.5. The zero-order valence-electron chi connectivity index (χ0n) is 15.4. The summed E-state index contributed by atoms with van der Waals surface area (Å²) in [6.07, 6.45) is 1.41. The third kappa shape index (κ3) is 3.67. The molecule has 0 bridgehead atoms. The number of nitrogen functional groups attached to an aromatic ring is 1. The van der Waals surface area contributed by atoms with Gasteiger partial charge in [-0.2, -0.15) is 0 Å². The molecule has 2 aromatic heterocycles. The molecule has 0 saturated heterocycles. The molecule has 29 heavy (non-hydrogen) atoms. The molecule has 0 aliphatic rings. The van der Waals surface area contributed by atoms with E-state index < -0.39 is 0 Å². The van der Waals surface area contributed by atoms with Crippen molar-refractivity contribution in [3.05, 3.63) is 85.6 Å². The number of hydrogen-bond acceptors (Lipinski definition) is 5. The van der Waals surface area contributed by atoms with Crippen LogP contribution in [-0.2, 0) is 0 Å². The monoisotopic (exact) mass is 517 g/mol. The van der Waals surface area contributed by atoms with Crippen molar-refractivity contribution >= 4 is 56.6 Å². The number of aromatic nitrogens is 3. The summed E-state index contributed by atoms with van der Waals surface area (Å²) in [5, 5.41) is 5.07. The fraction of sp³-hybridized carbons (Fsp3) is 0.0952. The van der Waals surface area contributed by atoms with Gasteiger partial charge in [-0.05, 0) is 59.2 Å². The lowest BCUT2D eigenvalue weighted by Gasteiger charge is -2.22. The Balaban J connectivity index is 1.93. The normalized spacial score (nSPS) is 12.1. The van der Waals surface area contributed by atoms with E-state index in [4.69, 9.17) is 17.3 Å². The number of pyridine rings is 1. The number of nitrogens with two attached hydrogens (primary N) is 1. The number of nitrogens with zero attached hydrogens (tertiary/aromatic N) is 3. The van der Waals surface area contributed by atoms with Crippen LogP contribution in [0.4, 0.5) is 11.6 Å². The van der Waals surface area contributed by atoms with Crippen LogP contribution in [0.2, 0.25) is 5.02 Å². The number of rotatable bonds is 4. The van der Waals surface area contributed by atoms with Gasteiger partial charge in [0.15, 0.2) is 0 Å². The first-order chi connectivity index (χ1) is 14.0. The van der Waals surface area contributed by atoms with E-state index in [1.54, 1.807) is 10.6 Å². The molecule has 3 N–H and O–H groups in total. The number of fused-ring (bicyclic) bond motifs is 1. The molecule has 2 aromatic carbocycles.